The molecule has 8 heteroatoms. The van der Waals surface area contributed by atoms with E-state index in [2.05, 4.69) is 56.9 Å². The summed E-state index contributed by atoms with van der Waals surface area (Å²) in [6.45, 7) is 18.2. The van der Waals surface area contributed by atoms with Crippen LogP contribution in [-0.2, 0) is 15.9 Å². The summed E-state index contributed by atoms with van der Waals surface area (Å²) in [5.41, 5.74) is 16.4. The maximum Gasteiger partial charge on any atom is 0.261 e. The molecule has 0 fully saturated rings. The third-order valence-corrected chi connectivity index (χ3v) is 14.3. The van der Waals surface area contributed by atoms with Gasteiger partial charge in [-0.05, 0) is 95.0 Å². The minimum atomic E-state index is -1.05. The van der Waals surface area contributed by atoms with Gasteiger partial charge in [-0.3, -0.25) is 4.79 Å². The van der Waals surface area contributed by atoms with Crippen LogP contribution < -0.4 is 11.5 Å². The molecular weight excluding hydrogens is 817 g/mol. The topological polar surface area (TPSA) is 122 Å². The number of nitrogens with two attached hydrogens (primary N) is 2. The summed E-state index contributed by atoms with van der Waals surface area (Å²) in [5, 5.41) is 13.0. The van der Waals surface area contributed by atoms with Gasteiger partial charge in [0.15, 0.2) is 17.7 Å². The predicted octanol–water partition coefficient (Wildman–Crippen LogP) is 15.2. The SMILES string of the molecule is CCCCCCCCC(CCCCCC)CN1C(=O)C2=C(c3ccc(C(C)(C)N)o3)N(CC(CCCCCC)CCCCCCCC)C(O)C2=C1c1ccc(-c2ccc(C(C)(C)N)cc2)o1. The van der Waals surface area contributed by atoms with E-state index >= 15 is 4.79 Å². The Labute approximate surface area is 401 Å². The van der Waals surface area contributed by atoms with Gasteiger partial charge in [0.25, 0.3) is 5.91 Å². The van der Waals surface area contributed by atoms with E-state index in [4.69, 9.17) is 20.3 Å². The Hall–Kier alpha value is -3.59. The number of amides is 1. The molecule has 1 amide bonds. The van der Waals surface area contributed by atoms with Gasteiger partial charge in [-0.2, -0.15) is 0 Å². The maximum atomic E-state index is 15.6. The van der Waals surface area contributed by atoms with Crippen LogP contribution in [0.5, 0.6) is 0 Å². The van der Waals surface area contributed by atoms with Crippen molar-refractivity contribution in [2.45, 2.75) is 227 Å². The highest BCUT2D eigenvalue weighted by atomic mass is 16.4. The van der Waals surface area contributed by atoms with Gasteiger partial charge in [-0.15, -0.1) is 0 Å². The predicted molar refractivity (Wildman–Crippen MR) is 276 cm³/mol. The number of carbonyl (C=O) groups excluding carboxylic acids is 1. The second kappa shape index (κ2) is 26.2. The molecule has 4 heterocycles. The lowest BCUT2D eigenvalue weighted by Crippen LogP contribution is -2.37. The molecule has 0 aliphatic carbocycles. The number of aliphatic hydroxyl groups is 1. The fourth-order valence-electron chi connectivity index (χ4n) is 10.2. The minimum Gasteiger partial charge on any atom is -0.458 e. The standard InChI is InChI=1S/C58H92N4O4/c1-9-13-17-21-23-27-31-43(29-25-19-15-11-3)41-61-53(48-38-37-47(65-48)45-33-35-46(36-34-45)57(5,6)59)51-52(56(61)64)54(49-39-40-50(66-49)58(7,8)60)62(55(51)63)42-44(30-26-20-16-12-4)32-28-24-22-18-14-10-2/h33-40,43-44,55,63H,9-32,41-42,59-60H2,1-8H3. The highest BCUT2D eigenvalue weighted by Gasteiger charge is 2.51. The Bertz CT molecular complexity index is 1960. The number of nitrogens with zero attached hydrogens (tertiary/aromatic N) is 2. The summed E-state index contributed by atoms with van der Waals surface area (Å²) in [4.78, 5) is 19.7. The summed E-state index contributed by atoms with van der Waals surface area (Å²) >= 11 is 0. The normalized spacial score (nSPS) is 16.7. The summed E-state index contributed by atoms with van der Waals surface area (Å²) in [7, 11) is 0. The zero-order valence-electron chi connectivity index (χ0n) is 43.0. The smallest absolute Gasteiger partial charge is 0.261 e. The van der Waals surface area contributed by atoms with E-state index in [1.807, 2.05) is 56.9 Å². The fraction of sp³-hybridized carbons (Fsp3) is 0.672. The molecule has 5 N–H and O–H groups in total. The lowest BCUT2D eigenvalue weighted by molar-refractivity contribution is -0.123. The van der Waals surface area contributed by atoms with Crippen LogP contribution in [0.1, 0.15) is 232 Å². The van der Waals surface area contributed by atoms with Crippen molar-refractivity contribution >= 4 is 17.3 Å². The largest absolute Gasteiger partial charge is 0.458 e. The number of rotatable bonds is 33. The van der Waals surface area contributed by atoms with Crippen molar-refractivity contribution in [3.63, 3.8) is 0 Å². The zero-order valence-corrected chi connectivity index (χ0v) is 43.0. The van der Waals surface area contributed by atoms with Crippen LogP contribution in [0.4, 0.5) is 0 Å². The molecule has 3 unspecified atom stereocenters. The van der Waals surface area contributed by atoms with Crippen molar-refractivity contribution in [3.05, 3.63) is 82.5 Å². The number of hydrogen-bond acceptors (Lipinski definition) is 7. The van der Waals surface area contributed by atoms with Crippen molar-refractivity contribution < 1.29 is 18.7 Å². The van der Waals surface area contributed by atoms with Crippen LogP contribution in [0.25, 0.3) is 22.7 Å². The quantitative estimate of drug-likeness (QED) is 0.0520. The van der Waals surface area contributed by atoms with Gasteiger partial charge in [0, 0.05) is 29.8 Å². The average Bonchev–Trinajstić information content (AvgIpc) is 4.09. The molecule has 0 spiro atoms. The van der Waals surface area contributed by atoms with Gasteiger partial charge in [-0.25, -0.2) is 0 Å². The fourth-order valence-corrected chi connectivity index (χ4v) is 10.2. The van der Waals surface area contributed by atoms with E-state index in [1.54, 1.807) is 0 Å². The number of furan rings is 2. The van der Waals surface area contributed by atoms with Crippen molar-refractivity contribution in [1.82, 2.24) is 9.80 Å². The Morgan fingerprint density at radius 2 is 0.985 bits per heavy atom. The molecule has 2 aromatic heterocycles. The molecule has 5 rings (SSSR count). The van der Waals surface area contributed by atoms with E-state index in [9.17, 15) is 5.11 Å². The third-order valence-electron chi connectivity index (χ3n) is 14.3. The molecule has 3 aromatic rings. The number of aliphatic hydroxyl groups excluding tert-OH is 1. The number of benzene rings is 1. The Morgan fingerprint density at radius 1 is 0.545 bits per heavy atom. The first-order chi connectivity index (χ1) is 31.7. The van der Waals surface area contributed by atoms with Crippen molar-refractivity contribution in [2.75, 3.05) is 13.1 Å². The van der Waals surface area contributed by atoms with Crippen LogP contribution >= 0.6 is 0 Å². The maximum absolute atomic E-state index is 15.6. The molecule has 66 heavy (non-hydrogen) atoms. The number of fused-ring (bicyclic) bond motifs is 1. The van der Waals surface area contributed by atoms with Crippen LogP contribution in [-0.4, -0.2) is 40.1 Å². The molecular formula is C58H92N4O4. The lowest BCUT2D eigenvalue weighted by atomic mass is 9.93. The van der Waals surface area contributed by atoms with Crippen LogP contribution in [0.15, 0.2) is 68.5 Å². The van der Waals surface area contributed by atoms with Gasteiger partial charge in [0.05, 0.1) is 22.5 Å². The van der Waals surface area contributed by atoms with E-state index in [-0.39, 0.29) is 5.91 Å². The molecule has 8 nitrogen and oxygen atoms in total. The van der Waals surface area contributed by atoms with Crippen LogP contribution in [0.2, 0.25) is 0 Å². The van der Waals surface area contributed by atoms with Crippen molar-refractivity contribution in [1.29, 1.82) is 0 Å². The van der Waals surface area contributed by atoms with Gasteiger partial charge in [0.1, 0.15) is 11.5 Å². The third kappa shape index (κ3) is 14.7. The number of hydrogen-bond donors (Lipinski definition) is 3. The van der Waals surface area contributed by atoms with E-state index in [1.165, 1.54) is 109 Å². The molecule has 1 aromatic carbocycles. The molecule has 2 aliphatic heterocycles. The molecule has 0 saturated heterocycles. The second-order valence-electron chi connectivity index (χ2n) is 21.3. The van der Waals surface area contributed by atoms with Crippen LogP contribution in [0.3, 0.4) is 0 Å². The second-order valence-corrected chi connectivity index (χ2v) is 21.3. The summed E-state index contributed by atoms with van der Waals surface area (Å²) in [5.74, 6) is 3.14. The summed E-state index contributed by atoms with van der Waals surface area (Å²) in [6.07, 6.45) is 27.8. The summed E-state index contributed by atoms with van der Waals surface area (Å²) in [6, 6.07) is 16.1. The van der Waals surface area contributed by atoms with E-state index < -0.39 is 17.3 Å². The number of unbranched alkanes of at least 4 members (excludes halogenated alkanes) is 16. The van der Waals surface area contributed by atoms with E-state index in [0.717, 1.165) is 56.1 Å². The zero-order chi connectivity index (χ0) is 47.7. The Kier molecular flexibility index (Phi) is 21.2. The molecule has 368 valence electrons. The number of carbonyl (C=O) groups is 1. The highest BCUT2D eigenvalue weighted by molar-refractivity contribution is 6.16. The Morgan fingerprint density at radius 3 is 1.47 bits per heavy atom. The van der Waals surface area contributed by atoms with E-state index in [0.29, 0.717) is 70.5 Å². The minimum absolute atomic E-state index is 0.0779. The average molecular weight is 909 g/mol. The lowest BCUT2D eigenvalue weighted by Gasteiger charge is -2.32. The highest BCUT2D eigenvalue weighted by Crippen LogP contribution is 2.50. The molecule has 0 saturated carbocycles. The van der Waals surface area contributed by atoms with Gasteiger partial charge in [-0.1, -0.05) is 180 Å². The first kappa shape index (κ1) is 53.4. The van der Waals surface area contributed by atoms with Crippen molar-refractivity contribution in [3.8, 4) is 11.3 Å². The Balaban J connectivity index is 1.61. The summed E-state index contributed by atoms with van der Waals surface area (Å²) < 4.78 is 13.5. The monoisotopic (exact) mass is 909 g/mol. The molecule has 2 aliphatic rings. The molecule has 3 atom stereocenters. The van der Waals surface area contributed by atoms with Gasteiger partial charge < -0.3 is 35.2 Å². The van der Waals surface area contributed by atoms with Crippen molar-refractivity contribution in [2.24, 2.45) is 23.3 Å². The molecule has 0 bridgehead atoms. The first-order valence-corrected chi connectivity index (χ1v) is 26.9. The molecule has 0 radical (unpaired) electrons. The van der Waals surface area contributed by atoms with Gasteiger partial charge in [0.2, 0.25) is 0 Å². The van der Waals surface area contributed by atoms with Gasteiger partial charge >= 0.3 is 0 Å². The van der Waals surface area contributed by atoms with Crippen LogP contribution in [0, 0.1) is 11.8 Å². The first-order valence-electron chi connectivity index (χ1n) is 26.9.